The molecule has 2 aromatic carbocycles. The first-order valence-corrected chi connectivity index (χ1v) is 11.7. The number of rotatable bonds is 6. The lowest BCUT2D eigenvalue weighted by Crippen LogP contribution is -2.41. The van der Waals surface area contributed by atoms with Crippen molar-refractivity contribution in [3.63, 3.8) is 0 Å². The van der Waals surface area contributed by atoms with Crippen LogP contribution in [0.5, 0.6) is 5.88 Å². The minimum atomic E-state index is -0.649. The van der Waals surface area contributed by atoms with E-state index >= 15 is 0 Å². The van der Waals surface area contributed by atoms with Gasteiger partial charge in [-0.1, -0.05) is 77.7 Å². The molecule has 5 nitrogen and oxygen atoms in total. The second kappa shape index (κ2) is 10.1. The van der Waals surface area contributed by atoms with Crippen LogP contribution in [0.2, 0.25) is 0 Å². The Kier molecular flexibility index (Phi) is 6.96. The number of benzene rings is 2. The van der Waals surface area contributed by atoms with Crippen LogP contribution in [0.15, 0.2) is 65.3 Å². The number of carbonyl (C=O) groups excluding carboxylic acids is 1. The smallest absolute Gasteiger partial charge is 0.248 e. The van der Waals surface area contributed by atoms with Crippen molar-refractivity contribution in [1.29, 1.82) is 5.26 Å². The van der Waals surface area contributed by atoms with E-state index in [-0.39, 0.29) is 11.9 Å². The van der Waals surface area contributed by atoms with Crippen LogP contribution in [0.3, 0.4) is 0 Å². The molecular weight excluding hydrogens is 466 g/mol. The molecule has 1 atom stereocenters. The number of hydrogen-bond donors (Lipinski definition) is 1. The summed E-state index contributed by atoms with van der Waals surface area (Å²) in [4.78, 5) is 13.6. The summed E-state index contributed by atoms with van der Waals surface area (Å²) < 4.78 is 8.42. The number of nitrogens with one attached hydrogen (secondary N) is 1. The van der Waals surface area contributed by atoms with Crippen molar-refractivity contribution in [1.82, 2.24) is 9.88 Å². The molecule has 4 rings (SSSR count). The molecule has 0 radical (unpaired) electrons. The summed E-state index contributed by atoms with van der Waals surface area (Å²) in [5.74, 6) is 0.301. The number of halogens is 1. The highest BCUT2D eigenvalue weighted by Crippen LogP contribution is 2.37. The lowest BCUT2D eigenvalue weighted by Gasteiger charge is -2.27. The largest absolute Gasteiger partial charge is 0.481 e. The molecule has 0 bridgehead atoms. The summed E-state index contributed by atoms with van der Waals surface area (Å²) in [6, 6.07) is 19.2. The minimum Gasteiger partial charge on any atom is -0.481 e. The molecule has 1 fully saturated rings. The van der Waals surface area contributed by atoms with Crippen molar-refractivity contribution in [2.75, 3.05) is 7.11 Å². The molecule has 0 aliphatic heterocycles. The van der Waals surface area contributed by atoms with Crippen LogP contribution in [-0.4, -0.2) is 23.6 Å². The fraction of sp³-hybridized carbons (Fsp3) is 0.308. The van der Waals surface area contributed by atoms with Crippen molar-refractivity contribution in [2.24, 2.45) is 0 Å². The quantitative estimate of drug-likeness (QED) is 0.471. The Morgan fingerprint density at radius 3 is 2.44 bits per heavy atom. The SMILES string of the molecule is COc1c(C#N)c(-c2ccccc2)cn1C(C(=O)NC1CCCCC1)c1ccc(Br)cc1. The van der Waals surface area contributed by atoms with Crippen LogP contribution < -0.4 is 10.1 Å². The van der Waals surface area contributed by atoms with Gasteiger partial charge in [0.1, 0.15) is 17.7 Å². The van der Waals surface area contributed by atoms with E-state index in [4.69, 9.17) is 4.74 Å². The Morgan fingerprint density at radius 2 is 1.81 bits per heavy atom. The second-order valence-electron chi connectivity index (χ2n) is 8.11. The molecule has 1 unspecified atom stereocenters. The van der Waals surface area contributed by atoms with E-state index in [0.29, 0.717) is 11.4 Å². The highest BCUT2D eigenvalue weighted by atomic mass is 79.9. The second-order valence-corrected chi connectivity index (χ2v) is 9.03. The Hall–Kier alpha value is -3.04. The van der Waals surface area contributed by atoms with E-state index in [1.54, 1.807) is 11.7 Å². The van der Waals surface area contributed by atoms with Gasteiger partial charge < -0.3 is 14.6 Å². The number of nitrogens with zero attached hydrogens (tertiary/aromatic N) is 2. The predicted octanol–water partition coefficient (Wildman–Crippen LogP) is 5.84. The first-order valence-electron chi connectivity index (χ1n) is 10.9. The van der Waals surface area contributed by atoms with Crippen LogP contribution >= 0.6 is 15.9 Å². The van der Waals surface area contributed by atoms with Gasteiger partial charge in [0.05, 0.1) is 7.11 Å². The van der Waals surface area contributed by atoms with Gasteiger partial charge in [0.15, 0.2) is 0 Å². The molecule has 1 heterocycles. The molecule has 1 saturated carbocycles. The van der Waals surface area contributed by atoms with E-state index in [1.165, 1.54) is 6.42 Å². The van der Waals surface area contributed by atoms with Gasteiger partial charge in [-0.3, -0.25) is 4.79 Å². The molecule has 1 aliphatic rings. The Bertz CT molecular complexity index is 1110. The van der Waals surface area contributed by atoms with Gasteiger partial charge in [-0.05, 0) is 36.1 Å². The Morgan fingerprint density at radius 1 is 1.12 bits per heavy atom. The number of nitriles is 1. The zero-order valence-electron chi connectivity index (χ0n) is 18.1. The molecule has 164 valence electrons. The standard InChI is InChI=1S/C26H26BrN3O2/c1-32-26-22(16-28)23(18-8-4-2-5-9-18)17-30(26)24(19-12-14-20(27)15-13-19)25(31)29-21-10-6-3-7-11-21/h2,4-5,8-9,12-15,17,21,24H,3,6-7,10-11H2,1H3,(H,29,31). The molecular formula is C26H26BrN3O2. The van der Waals surface area contributed by atoms with Gasteiger partial charge in [-0.15, -0.1) is 0 Å². The van der Waals surface area contributed by atoms with Crippen molar-refractivity contribution in [3.05, 3.63) is 76.4 Å². The molecule has 0 spiro atoms. The number of methoxy groups -OCH3 is 1. The summed E-state index contributed by atoms with van der Waals surface area (Å²) in [7, 11) is 1.54. The van der Waals surface area contributed by atoms with Gasteiger partial charge in [0, 0.05) is 22.3 Å². The van der Waals surface area contributed by atoms with Crippen LogP contribution in [0.1, 0.15) is 49.3 Å². The van der Waals surface area contributed by atoms with Crippen LogP contribution in [-0.2, 0) is 4.79 Å². The van der Waals surface area contributed by atoms with Crippen LogP contribution in [0.4, 0.5) is 0 Å². The van der Waals surface area contributed by atoms with E-state index < -0.39 is 6.04 Å². The van der Waals surface area contributed by atoms with Crippen LogP contribution in [0, 0.1) is 11.3 Å². The zero-order chi connectivity index (χ0) is 22.5. The summed E-state index contributed by atoms with van der Waals surface area (Å²) in [5.41, 5.74) is 2.91. The van der Waals surface area contributed by atoms with Crippen molar-refractivity contribution < 1.29 is 9.53 Å². The summed E-state index contributed by atoms with van der Waals surface area (Å²) >= 11 is 3.48. The summed E-state index contributed by atoms with van der Waals surface area (Å²) in [6.45, 7) is 0. The highest BCUT2D eigenvalue weighted by Gasteiger charge is 2.30. The average Bonchev–Trinajstić information content (AvgIpc) is 3.20. The molecule has 1 amide bonds. The van der Waals surface area contributed by atoms with Crippen molar-refractivity contribution in [3.8, 4) is 23.1 Å². The number of aromatic nitrogens is 1. The topological polar surface area (TPSA) is 67.0 Å². The van der Waals surface area contributed by atoms with Crippen LogP contribution in [0.25, 0.3) is 11.1 Å². The molecule has 32 heavy (non-hydrogen) atoms. The fourth-order valence-electron chi connectivity index (χ4n) is 4.46. The van der Waals surface area contributed by atoms with E-state index in [9.17, 15) is 10.1 Å². The zero-order valence-corrected chi connectivity index (χ0v) is 19.6. The van der Waals surface area contributed by atoms with Gasteiger partial charge in [0.2, 0.25) is 11.8 Å². The number of amides is 1. The maximum absolute atomic E-state index is 13.6. The van der Waals surface area contributed by atoms with Gasteiger partial charge in [-0.2, -0.15) is 5.26 Å². The fourth-order valence-corrected chi connectivity index (χ4v) is 4.73. The van der Waals surface area contributed by atoms with E-state index in [2.05, 4.69) is 27.3 Å². The predicted molar refractivity (Wildman–Crippen MR) is 128 cm³/mol. The summed E-state index contributed by atoms with van der Waals surface area (Å²) in [6.07, 6.45) is 7.36. The van der Waals surface area contributed by atoms with E-state index in [1.807, 2.05) is 60.8 Å². The Balaban J connectivity index is 1.81. The maximum atomic E-state index is 13.6. The lowest BCUT2D eigenvalue weighted by molar-refractivity contribution is -0.124. The van der Waals surface area contributed by atoms with Gasteiger partial charge in [-0.25, -0.2) is 0 Å². The monoisotopic (exact) mass is 491 g/mol. The molecule has 6 heteroatoms. The first-order chi connectivity index (χ1) is 15.6. The minimum absolute atomic E-state index is 0.0865. The van der Waals surface area contributed by atoms with E-state index in [0.717, 1.165) is 46.8 Å². The lowest BCUT2D eigenvalue weighted by atomic mass is 9.95. The first kappa shape index (κ1) is 22.2. The van der Waals surface area contributed by atoms with Gasteiger partial charge in [0.25, 0.3) is 0 Å². The number of carbonyl (C=O) groups is 1. The number of ether oxygens (including phenoxy) is 1. The number of hydrogen-bond acceptors (Lipinski definition) is 3. The molecule has 1 aromatic heterocycles. The highest BCUT2D eigenvalue weighted by molar-refractivity contribution is 9.10. The molecule has 3 aromatic rings. The van der Waals surface area contributed by atoms with Crippen molar-refractivity contribution >= 4 is 21.8 Å². The summed E-state index contributed by atoms with van der Waals surface area (Å²) in [5, 5.41) is 13.2. The third kappa shape index (κ3) is 4.58. The maximum Gasteiger partial charge on any atom is 0.248 e. The van der Waals surface area contributed by atoms with Crippen molar-refractivity contribution in [2.45, 2.75) is 44.2 Å². The molecule has 1 aliphatic carbocycles. The third-order valence-corrected chi connectivity index (χ3v) is 6.57. The molecule has 1 N–H and O–H groups in total. The molecule has 0 saturated heterocycles. The Labute approximate surface area is 197 Å². The van der Waals surface area contributed by atoms with Gasteiger partial charge >= 0.3 is 0 Å². The average molecular weight is 492 g/mol. The normalized spacial score (nSPS) is 15.0. The third-order valence-electron chi connectivity index (χ3n) is 6.04.